The van der Waals surface area contributed by atoms with Gasteiger partial charge in [0, 0.05) is 31.2 Å². The Hall–Kier alpha value is -0.770. The third-order valence-electron chi connectivity index (χ3n) is 3.56. The second-order valence-electron chi connectivity index (χ2n) is 5.02. The minimum absolute atomic E-state index is 0.320. The highest BCUT2D eigenvalue weighted by Gasteiger charge is 2.13. The van der Waals surface area contributed by atoms with Gasteiger partial charge in [-0.3, -0.25) is 0 Å². The van der Waals surface area contributed by atoms with Gasteiger partial charge in [-0.1, -0.05) is 17.7 Å². The van der Waals surface area contributed by atoms with E-state index in [-0.39, 0.29) is 0 Å². The molecule has 0 atom stereocenters. The summed E-state index contributed by atoms with van der Waals surface area (Å²) in [5.74, 6) is 0.320. The van der Waals surface area contributed by atoms with Crippen LogP contribution in [0.5, 0.6) is 5.75 Å². The van der Waals surface area contributed by atoms with Crippen LogP contribution in [0.25, 0.3) is 0 Å². The maximum Gasteiger partial charge on any atom is 0.120 e. The number of halogens is 1. The second-order valence-corrected chi connectivity index (χ2v) is 5.46. The number of phenolic OH excluding ortho intramolecular Hbond substituents is 1. The van der Waals surface area contributed by atoms with E-state index in [0.717, 1.165) is 51.1 Å². The molecule has 0 spiro atoms. The van der Waals surface area contributed by atoms with Crippen molar-refractivity contribution in [2.45, 2.75) is 12.8 Å². The molecule has 0 unspecified atom stereocenters. The molecule has 3 nitrogen and oxygen atoms in total. The van der Waals surface area contributed by atoms with E-state index in [0.29, 0.717) is 10.8 Å². The standard InChI is InChI=1S/C14H21ClN2O/c1-16-7-9-17(10-8-16)6-2-3-12-4-5-13(15)11-14(12)18/h4-5,11,18H,2-3,6-10H2,1H3. The highest BCUT2D eigenvalue weighted by Crippen LogP contribution is 2.23. The SMILES string of the molecule is CN1CCN(CCCc2ccc(Cl)cc2O)CC1. The average molecular weight is 269 g/mol. The minimum Gasteiger partial charge on any atom is -0.508 e. The van der Waals surface area contributed by atoms with Crippen LogP contribution in [-0.2, 0) is 6.42 Å². The van der Waals surface area contributed by atoms with Gasteiger partial charge in [-0.25, -0.2) is 0 Å². The molecular formula is C14H21ClN2O. The van der Waals surface area contributed by atoms with Crippen molar-refractivity contribution in [2.24, 2.45) is 0 Å². The monoisotopic (exact) mass is 268 g/mol. The first-order valence-electron chi connectivity index (χ1n) is 6.53. The molecule has 4 heteroatoms. The smallest absolute Gasteiger partial charge is 0.120 e. The summed E-state index contributed by atoms with van der Waals surface area (Å²) in [7, 11) is 2.17. The number of aryl methyl sites for hydroxylation is 1. The van der Waals surface area contributed by atoms with Crippen molar-refractivity contribution in [2.75, 3.05) is 39.8 Å². The van der Waals surface area contributed by atoms with E-state index in [4.69, 9.17) is 11.6 Å². The van der Waals surface area contributed by atoms with Crippen LogP contribution in [0.1, 0.15) is 12.0 Å². The number of aromatic hydroxyl groups is 1. The molecule has 0 bridgehead atoms. The van der Waals surface area contributed by atoms with Crippen molar-refractivity contribution in [3.8, 4) is 5.75 Å². The quantitative estimate of drug-likeness (QED) is 0.907. The number of benzene rings is 1. The van der Waals surface area contributed by atoms with Crippen molar-refractivity contribution in [1.82, 2.24) is 9.80 Å². The van der Waals surface area contributed by atoms with Gasteiger partial charge in [0.05, 0.1) is 0 Å². The first kappa shape index (κ1) is 13.7. The van der Waals surface area contributed by atoms with Crippen LogP contribution in [0.2, 0.25) is 5.02 Å². The minimum atomic E-state index is 0.320. The summed E-state index contributed by atoms with van der Waals surface area (Å²) in [6.07, 6.45) is 1.99. The topological polar surface area (TPSA) is 26.7 Å². The van der Waals surface area contributed by atoms with Crippen molar-refractivity contribution < 1.29 is 5.11 Å². The van der Waals surface area contributed by atoms with Crippen LogP contribution in [0, 0.1) is 0 Å². The van der Waals surface area contributed by atoms with Gasteiger partial charge >= 0.3 is 0 Å². The van der Waals surface area contributed by atoms with E-state index in [1.807, 2.05) is 12.1 Å². The van der Waals surface area contributed by atoms with Crippen LogP contribution < -0.4 is 0 Å². The molecule has 1 N–H and O–H groups in total. The Labute approximate surface area is 114 Å². The summed E-state index contributed by atoms with van der Waals surface area (Å²) in [6.45, 7) is 5.74. The van der Waals surface area contributed by atoms with Crippen molar-refractivity contribution >= 4 is 11.6 Å². The van der Waals surface area contributed by atoms with Gasteiger partial charge in [0.2, 0.25) is 0 Å². The average Bonchev–Trinajstić information content (AvgIpc) is 2.34. The van der Waals surface area contributed by atoms with Gasteiger partial charge in [0.1, 0.15) is 5.75 Å². The molecular weight excluding hydrogens is 248 g/mol. The van der Waals surface area contributed by atoms with E-state index in [1.165, 1.54) is 0 Å². The maximum atomic E-state index is 9.76. The second kappa shape index (κ2) is 6.41. The summed E-state index contributed by atoms with van der Waals surface area (Å²) in [4.78, 5) is 4.86. The van der Waals surface area contributed by atoms with Gasteiger partial charge in [-0.2, -0.15) is 0 Å². The first-order chi connectivity index (χ1) is 8.65. The van der Waals surface area contributed by atoms with E-state index in [2.05, 4.69) is 16.8 Å². The molecule has 1 saturated heterocycles. The Balaban J connectivity index is 1.75. The fourth-order valence-corrected chi connectivity index (χ4v) is 2.48. The number of phenols is 1. The molecule has 0 radical (unpaired) electrons. The Morgan fingerprint density at radius 3 is 2.61 bits per heavy atom. The van der Waals surface area contributed by atoms with Crippen molar-refractivity contribution in [3.05, 3.63) is 28.8 Å². The van der Waals surface area contributed by atoms with Crippen LogP contribution in [0.15, 0.2) is 18.2 Å². The fourth-order valence-electron chi connectivity index (χ4n) is 2.31. The maximum absolute atomic E-state index is 9.76. The van der Waals surface area contributed by atoms with Gasteiger partial charge in [0.25, 0.3) is 0 Å². The zero-order valence-electron chi connectivity index (χ0n) is 10.9. The Bertz CT molecular complexity index is 389. The van der Waals surface area contributed by atoms with E-state index in [9.17, 15) is 5.11 Å². The predicted molar refractivity (Wildman–Crippen MR) is 75.4 cm³/mol. The number of piperazine rings is 1. The van der Waals surface area contributed by atoms with Crippen molar-refractivity contribution in [1.29, 1.82) is 0 Å². The zero-order valence-corrected chi connectivity index (χ0v) is 11.7. The zero-order chi connectivity index (χ0) is 13.0. The molecule has 1 heterocycles. The normalized spacial score (nSPS) is 18.1. The predicted octanol–water partition coefficient (Wildman–Crippen LogP) is 2.23. The molecule has 100 valence electrons. The van der Waals surface area contributed by atoms with E-state index >= 15 is 0 Å². The number of hydrogen-bond donors (Lipinski definition) is 1. The lowest BCUT2D eigenvalue weighted by molar-refractivity contribution is 0.153. The highest BCUT2D eigenvalue weighted by molar-refractivity contribution is 6.30. The van der Waals surface area contributed by atoms with Gasteiger partial charge in [-0.05, 0) is 44.1 Å². The summed E-state index contributed by atoms with van der Waals surface area (Å²) < 4.78 is 0. The molecule has 0 aromatic heterocycles. The summed E-state index contributed by atoms with van der Waals surface area (Å²) in [6, 6.07) is 5.38. The lowest BCUT2D eigenvalue weighted by Crippen LogP contribution is -2.44. The third-order valence-corrected chi connectivity index (χ3v) is 3.80. The van der Waals surface area contributed by atoms with Crippen molar-refractivity contribution in [3.63, 3.8) is 0 Å². The molecule has 18 heavy (non-hydrogen) atoms. The van der Waals surface area contributed by atoms with Crippen LogP contribution in [0.4, 0.5) is 0 Å². The summed E-state index contributed by atoms with van der Waals surface area (Å²) in [5, 5.41) is 10.4. The molecule has 1 aromatic rings. The van der Waals surface area contributed by atoms with E-state index in [1.54, 1.807) is 6.07 Å². The summed E-state index contributed by atoms with van der Waals surface area (Å²) >= 11 is 5.81. The Morgan fingerprint density at radius 2 is 1.94 bits per heavy atom. The molecule has 1 aliphatic rings. The molecule has 0 aliphatic carbocycles. The molecule has 2 rings (SSSR count). The van der Waals surface area contributed by atoms with Gasteiger partial charge in [-0.15, -0.1) is 0 Å². The molecule has 1 aromatic carbocycles. The number of nitrogens with zero attached hydrogens (tertiary/aromatic N) is 2. The van der Waals surface area contributed by atoms with Gasteiger partial charge < -0.3 is 14.9 Å². The molecule has 0 saturated carbocycles. The largest absolute Gasteiger partial charge is 0.508 e. The lowest BCUT2D eigenvalue weighted by atomic mass is 10.1. The Kier molecular flexibility index (Phi) is 4.87. The summed E-state index contributed by atoms with van der Waals surface area (Å²) in [5.41, 5.74) is 0.994. The molecule has 1 aliphatic heterocycles. The van der Waals surface area contributed by atoms with Crippen LogP contribution >= 0.6 is 11.6 Å². The van der Waals surface area contributed by atoms with Gasteiger partial charge in [0.15, 0.2) is 0 Å². The van der Waals surface area contributed by atoms with Crippen LogP contribution in [-0.4, -0.2) is 54.7 Å². The van der Waals surface area contributed by atoms with Crippen LogP contribution in [0.3, 0.4) is 0 Å². The molecule has 0 amide bonds. The Morgan fingerprint density at radius 1 is 1.22 bits per heavy atom. The lowest BCUT2D eigenvalue weighted by Gasteiger charge is -2.32. The highest BCUT2D eigenvalue weighted by atomic mass is 35.5. The number of rotatable bonds is 4. The van der Waals surface area contributed by atoms with E-state index < -0.39 is 0 Å². The first-order valence-corrected chi connectivity index (χ1v) is 6.91. The number of likely N-dealkylation sites (N-methyl/N-ethyl adjacent to an activating group) is 1. The third kappa shape index (κ3) is 3.87. The fraction of sp³-hybridized carbons (Fsp3) is 0.571. The number of hydrogen-bond acceptors (Lipinski definition) is 3. The molecule has 1 fully saturated rings.